The number of benzene rings is 1. The number of hydrogen-bond donors (Lipinski definition) is 1. The molecule has 21 heavy (non-hydrogen) atoms. The summed E-state index contributed by atoms with van der Waals surface area (Å²) in [7, 11) is 1.59. The SMILES string of the molecule is COc1cc(-c2cc(N)no2)cc(Cl)c1OC1CCCC1. The number of halogens is 1. The third-order valence-electron chi connectivity index (χ3n) is 3.63. The Labute approximate surface area is 128 Å². The van der Waals surface area contributed by atoms with Gasteiger partial charge in [-0.15, -0.1) is 0 Å². The first-order valence-corrected chi connectivity index (χ1v) is 7.32. The highest BCUT2D eigenvalue weighted by molar-refractivity contribution is 6.32. The highest BCUT2D eigenvalue weighted by Crippen LogP contribution is 2.41. The van der Waals surface area contributed by atoms with Crippen LogP contribution in [0.2, 0.25) is 5.02 Å². The van der Waals surface area contributed by atoms with E-state index in [9.17, 15) is 0 Å². The van der Waals surface area contributed by atoms with E-state index in [0.717, 1.165) is 18.4 Å². The fourth-order valence-electron chi connectivity index (χ4n) is 2.57. The van der Waals surface area contributed by atoms with Crippen molar-refractivity contribution in [1.29, 1.82) is 0 Å². The van der Waals surface area contributed by atoms with Crippen LogP contribution in [0.5, 0.6) is 11.5 Å². The number of nitrogens with two attached hydrogens (primary N) is 1. The maximum absolute atomic E-state index is 6.35. The van der Waals surface area contributed by atoms with E-state index in [2.05, 4.69) is 5.16 Å². The summed E-state index contributed by atoms with van der Waals surface area (Å²) in [5.41, 5.74) is 6.32. The van der Waals surface area contributed by atoms with Crippen LogP contribution >= 0.6 is 11.6 Å². The number of ether oxygens (including phenoxy) is 2. The molecule has 1 heterocycles. The lowest BCUT2D eigenvalue weighted by molar-refractivity contribution is 0.201. The number of methoxy groups -OCH3 is 1. The van der Waals surface area contributed by atoms with E-state index >= 15 is 0 Å². The molecule has 0 unspecified atom stereocenters. The van der Waals surface area contributed by atoms with Crippen LogP contribution in [0.15, 0.2) is 22.7 Å². The summed E-state index contributed by atoms with van der Waals surface area (Å²) in [6.07, 6.45) is 4.71. The Hall–Kier alpha value is -1.88. The summed E-state index contributed by atoms with van der Waals surface area (Å²) in [6.45, 7) is 0. The van der Waals surface area contributed by atoms with E-state index in [1.165, 1.54) is 12.8 Å². The van der Waals surface area contributed by atoms with Crippen molar-refractivity contribution < 1.29 is 14.0 Å². The molecule has 3 rings (SSSR count). The van der Waals surface area contributed by atoms with Crippen LogP contribution in [0, 0.1) is 0 Å². The van der Waals surface area contributed by atoms with Gasteiger partial charge in [0.05, 0.1) is 18.2 Å². The Morgan fingerprint density at radius 1 is 1.29 bits per heavy atom. The number of hydrogen-bond acceptors (Lipinski definition) is 5. The summed E-state index contributed by atoms with van der Waals surface area (Å²) in [5.74, 6) is 2.04. The summed E-state index contributed by atoms with van der Waals surface area (Å²) in [6, 6.07) is 5.23. The van der Waals surface area contributed by atoms with E-state index in [1.54, 1.807) is 19.2 Å². The minimum absolute atomic E-state index is 0.211. The zero-order valence-corrected chi connectivity index (χ0v) is 12.5. The molecule has 1 aromatic heterocycles. The van der Waals surface area contributed by atoms with Gasteiger partial charge in [0.15, 0.2) is 23.1 Å². The number of anilines is 1. The van der Waals surface area contributed by atoms with Gasteiger partial charge < -0.3 is 19.7 Å². The monoisotopic (exact) mass is 308 g/mol. The Kier molecular flexibility index (Phi) is 3.92. The molecule has 6 heteroatoms. The highest BCUT2D eigenvalue weighted by atomic mass is 35.5. The molecular weight excluding hydrogens is 292 g/mol. The van der Waals surface area contributed by atoms with Gasteiger partial charge in [-0.25, -0.2) is 0 Å². The van der Waals surface area contributed by atoms with Crippen LogP contribution in [-0.2, 0) is 0 Å². The molecule has 2 N–H and O–H groups in total. The van der Waals surface area contributed by atoms with Gasteiger partial charge in [0.2, 0.25) is 0 Å². The van der Waals surface area contributed by atoms with Crippen molar-refractivity contribution in [2.45, 2.75) is 31.8 Å². The fraction of sp³-hybridized carbons (Fsp3) is 0.400. The largest absolute Gasteiger partial charge is 0.493 e. The lowest BCUT2D eigenvalue weighted by Gasteiger charge is -2.17. The van der Waals surface area contributed by atoms with Gasteiger partial charge in [-0.2, -0.15) is 0 Å². The molecule has 0 bridgehead atoms. The van der Waals surface area contributed by atoms with Gasteiger partial charge in [0.25, 0.3) is 0 Å². The number of nitrogen functional groups attached to an aromatic ring is 1. The van der Waals surface area contributed by atoms with Gasteiger partial charge in [0, 0.05) is 11.6 Å². The summed E-state index contributed by atoms with van der Waals surface area (Å²) >= 11 is 6.35. The minimum Gasteiger partial charge on any atom is -0.493 e. The molecule has 1 saturated carbocycles. The molecule has 0 atom stereocenters. The van der Waals surface area contributed by atoms with Crippen molar-refractivity contribution in [3.63, 3.8) is 0 Å². The third-order valence-corrected chi connectivity index (χ3v) is 3.91. The minimum atomic E-state index is 0.211. The lowest BCUT2D eigenvalue weighted by Crippen LogP contribution is -2.12. The lowest BCUT2D eigenvalue weighted by atomic mass is 10.1. The van der Waals surface area contributed by atoms with Crippen LogP contribution in [0.25, 0.3) is 11.3 Å². The molecule has 1 aliphatic carbocycles. The maximum atomic E-state index is 6.35. The van der Waals surface area contributed by atoms with Crippen molar-refractivity contribution in [3.8, 4) is 22.8 Å². The van der Waals surface area contributed by atoms with Crippen LogP contribution in [0.1, 0.15) is 25.7 Å². The van der Waals surface area contributed by atoms with Crippen molar-refractivity contribution in [2.75, 3.05) is 12.8 Å². The molecule has 112 valence electrons. The van der Waals surface area contributed by atoms with Gasteiger partial charge in [-0.3, -0.25) is 0 Å². The Balaban J connectivity index is 1.94. The first kappa shape index (κ1) is 14.1. The molecule has 1 aliphatic rings. The molecule has 0 amide bonds. The second-order valence-corrected chi connectivity index (χ2v) is 5.54. The summed E-state index contributed by atoms with van der Waals surface area (Å²) in [4.78, 5) is 0. The quantitative estimate of drug-likeness (QED) is 0.927. The molecule has 5 nitrogen and oxygen atoms in total. The first-order chi connectivity index (χ1) is 10.2. The molecule has 2 aromatic rings. The molecule has 0 radical (unpaired) electrons. The Morgan fingerprint density at radius 3 is 2.67 bits per heavy atom. The Morgan fingerprint density at radius 2 is 2.05 bits per heavy atom. The zero-order chi connectivity index (χ0) is 14.8. The van der Waals surface area contributed by atoms with Crippen LogP contribution in [-0.4, -0.2) is 18.4 Å². The average Bonchev–Trinajstić information content (AvgIpc) is 3.12. The molecule has 1 fully saturated rings. The van der Waals surface area contributed by atoms with Gasteiger partial charge in [-0.05, 0) is 37.8 Å². The normalized spacial score (nSPS) is 15.3. The number of rotatable bonds is 4. The zero-order valence-electron chi connectivity index (χ0n) is 11.8. The van der Waals surface area contributed by atoms with Gasteiger partial charge >= 0.3 is 0 Å². The first-order valence-electron chi connectivity index (χ1n) is 6.94. The smallest absolute Gasteiger partial charge is 0.180 e. The number of aromatic nitrogens is 1. The van der Waals surface area contributed by atoms with Crippen LogP contribution in [0.3, 0.4) is 0 Å². The number of nitrogens with zero attached hydrogens (tertiary/aromatic N) is 1. The summed E-state index contributed by atoms with van der Waals surface area (Å²) in [5, 5.41) is 4.16. The van der Waals surface area contributed by atoms with E-state index < -0.39 is 0 Å². The van der Waals surface area contributed by atoms with Gasteiger partial charge in [0.1, 0.15) is 0 Å². The predicted octanol–water partition coefficient (Wildman–Crippen LogP) is 3.91. The van der Waals surface area contributed by atoms with E-state index in [1.807, 2.05) is 6.07 Å². The van der Waals surface area contributed by atoms with Crippen LogP contribution < -0.4 is 15.2 Å². The molecule has 0 aliphatic heterocycles. The van der Waals surface area contributed by atoms with Gasteiger partial charge in [-0.1, -0.05) is 16.8 Å². The van der Waals surface area contributed by atoms with E-state index in [-0.39, 0.29) is 6.10 Å². The Bertz CT molecular complexity index is 636. The van der Waals surface area contributed by atoms with E-state index in [4.69, 9.17) is 31.3 Å². The fourth-order valence-corrected chi connectivity index (χ4v) is 2.83. The van der Waals surface area contributed by atoms with Crippen molar-refractivity contribution in [1.82, 2.24) is 5.16 Å². The molecule has 1 aromatic carbocycles. The third kappa shape index (κ3) is 2.93. The topological polar surface area (TPSA) is 70.5 Å². The van der Waals surface area contributed by atoms with Crippen molar-refractivity contribution in [2.24, 2.45) is 0 Å². The van der Waals surface area contributed by atoms with Crippen molar-refractivity contribution >= 4 is 17.4 Å². The van der Waals surface area contributed by atoms with Crippen LogP contribution in [0.4, 0.5) is 5.82 Å². The summed E-state index contributed by atoms with van der Waals surface area (Å²) < 4.78 is 16.5. The average molecular weight is 309 g/mol. The van der Waals surface area contributed by atoms with E-state index in [0.29, 0.717) is 28.1 Å². The standard InChI is InChI=1S/C15H17ClN2O3/c1-19-13-7-9(12-8-14(17)18-21-12)6-11(16)15(13)20-10-4-2-3-5-10/h6-8,10H,2-5H2,1H3,(H2,17,18). The maximum Gasteiger partial charge on any atom is 0.180 e. The molecule has 0 spiro atoms. The van der Waals surface area contributed by atoms with Crippen molar-refractivity contribution in [3.05, 3.63) is 23.2 Å². The second-order valence-electron chi connectivity index (χ2n) is 5.13. The predicted molar refractivity (Wildman–Crippen MR) is 80.8 cm³/mol. The second kappa shape index (κ2) is 5.85. The highest BCUT2D eigenvalue weighted by Gasteiger charge is 2.21. The molecule has 0 saturated heterocycles. The molecular formula is C15H17ClN2O3.